The van der Waals surface area contributed by atoms with Crippen LogP contribution in [0.5, 0.6) is 0 Å². The Balaban J connectivity index is 1.45. The second kappa shape index (κ2) is 6.53. The fourth-order valence-electron chi connectivity index (χ4n) is 4.51. The zero-order chi connectivity index (χ0) is 18.5. The molecule has 5 rings (SSSR count). The van der Waals surface area contributed by atoms with Crippen LogP contribution in [0.15, 0.2) is 10.9 Å². The molecule has 4 heterocycles. The van der Waals surface area contributed by atoms with Crippen molar-refractivity contribution in [2.24, 2.45) is 7.05 Å². The van der Waals surface area contributed by atoms with Crippen molar-refractivity contribution in [1.29, 1.82) is 0 Å². The Kier molecular flexibility index (Phi) is 4.12. The van der Waals surface area contributed by atoms with Crippen molar-refractivity contribution in [2.45, 2.75) is 58.0 Å². The van der Waals surface area contributed by atoms with Crippen LogP contribution in [-0.2, 0) is 26.4 Å². The van der Waals surface area contributed by atoms with E-state index in [1.807, 2.05) is 6.92 Å². The largest absolute Gasteiger partial charge is 0.334 e. The van der Waals surface area contributed by atoms with Crippen molar-refractivity contribution in [3.63, 3.8) is 0 Å². The second-order valence-electron chi connectivity index (χ2n) is 7.68. The van der Waals surface area contributed by atoms with E-state index >= 15 is 0 Å². The molecular weight excluding hydrogens is 360 g/mol. The maximum atomic E-state index is 12.1. The third-order valence-electron chi connectivity index (χ3n) is 5.82. The molecule has 7 nitrogen and oxygen atoms in total. The van der Waals surface area contributed by atoms with E-state index < -0.39 is 0 Å². The first kappa shape index (κ1) is 17.1. The number of rotatable bonds is 3. The first-order valence-electron chi connectivity index (χ1n) is 9.75. The molecule has 1 saturated heterocycles. The fourth-order valence-corrected chi connectivity index (χ4v) is 5.48. The van der Waals surface area contributed by atoms with Crippen LogP contribution >= 0.6 is 11.3 Å². The van der Waals surface area contributed by atoms with Crippen LogP contribution in [0, 0.1) is 6.92 Å². The van der Waals surface area contributed by atoms with Gasteiger partial charge in [0.25, 0.3) is 5.56 Å². The Morgan fingerprint density at radius 2 is 2.07 bits per heavy atom. The standard InChI is InChI=1S/C19H24N6OS/c1-12-10-17(26)25-19(20-12)27-16(22-25)11-24-9-5-8-15(24)18-21-13-6-3-4-7-14(13)23(18)2/h10,15H,3-9,11H2,1-2H3. The van der Waals surface area contributed by atoms with Gasteiger partial charge in [-0.15, -0.1) is 0 Å². The van der Waals surface area contributed by atoms with Crippen molar-refractivity contribution in [3.8, 4) is 0 Å². The number of hydrogen-bond donors (Lipinski definition) is 0. The molecule has 1 aliphatic heterocycles. The average molecular weight is 385 g/mol. The van der Waals surface area contributed by atoms with Gasteiger partial charge < -0.3 is 4.57 Å². The van der Waals surface area contributed by atoms with Crippen LogP contribution < -0.4 is 5.56 Å². The molecule has 0 radical (unpaired) electrons. The summed E-state index contributed by atoms with van der Waals surface area (Å²) in [5, 5.41) is 5.46. The molecule has 8 heteroatoms. The molecule has 0 aromatic carbocycles. The van der Waals surface area contributed by atoms with Crippen LogP contribution in [0.4, 0.5) is 0 Å². The predicted molar refractivity (Wildman–Crippen MR) is 104 cm³/mol. The molecule has 1 aliphatic carbocycles. The van der Waals surface area contributed by atoms with Crippen LogP contribution in [0.2, 0.25) is 0 Å². The molecule has 3 aromatic rings. The SMILES string of the molecule is Cc1cc(=O)n2nc(CN3CCCC3c3nc4c(n3C)CCCC4)sc2n1. The van der Waals surface area contributed by atoms with Crippen molar-refractivity contribution < 1.29 is 0 Å². The van der Waals surface area contributed by atoms with Gasteiger partial charge in [0.2, 0.25) is 4.96 Å². The Morgan fingerprint density at radius 3 is 2.93 bits per heavy atom. The highest BCUT2D eigenvalue weighted by Gasteiger charge is 2.32. The smallest absolute Gasteiger partial charge is 0.275 e. The molecule has 0 spiro atoms. The number of aryl methyl sites for hydroxylation is 2. The number of imidazole rings is 1. The summed E-state index contributed by atoms with van der Waals surface area (Å²) in [6, 6.07) is 1.87. The first-order valence-corrected chi connectivity index (χ1v) is 10.6. The topological polar surface area (TPSA) is 68.3 Å². The molecular formula is C19H24N6OS. The molecule has 0 amide bonds. The molecule has 1 fully saturated rings. The Labute approximate surface area is 161 Å². The van der Waals surface area contributed by atoms with Gasteiger partial charge in [0.05, 0.1) is 18.3 Å². The third-order valence-corrected chi connectivity index (χ3v) is 6.72. The third kappa shape index (κ3) is 2.91. The summed E-state index contributed by atoms with van der Waals surface area (Å²) in [6.07, 6.45) is 7.09. The zero-order valence-corrected chi connectivity index (χ0v) is 16.6. The van der Waals surface area contributed by atoms with E-state index in [4.69, 9.17) is 4.98 Å². The van der Waals surface area contributed by atoms with Gasteiger partial charge in [-0.25, -0.2) is 9.97 Å². The Hall–Kier alpha value is -2.06. The highest BCUT2D eigenvalue weighted by molar-refractivity contribution is 7.16. The van der Waals surface area contributed by atoms with E-state index in [-0.39, 0.29) is 5.56 Å². The number of aromatic nitrogens is 5. The van der Waals surface area contributed by atoms with Gasteiger partial charge in [-0.3, -0.25) is 9.69 Å². The predicted octanol–water partition coefficient (Wildman–Crippen LogP) is 2.41. The van der Waals surface area contributed by atoms with E-state index in [1.165, 1.54) is 58.4 Å². The summed E-state index contributed by atoms with van der Waals surface area (Å²) < 4.78 is 3.77. The van der Waals surface area contributed by atoms with Crippen LogP contribution in [0.1, 0.15) is 59.6 Å². The lowest BCUT2D eigenvalue weighted by atomic mass is 10.0. The molecule has 2 aliphatic rings. The molecule has 1 unspecified atom stereocenters. The summed E-state index contributed by atoms with van der Waals surface area (Å²) >= 11 is 1.51. The van der Waals surface area contributed by atoms with E-state index in [0.29, 0.717) is 11.0 Å². The lowest BCUT2D eigenvalue weighted by Gasteiger charge is -2.23. The molecule has 0 N–H and O–H groups in total. The molecule has 27 heavy (non-hydrogen) atoms. The average Bonchev–Trinajstić information content (AvgIpc) is 3.33. The lowest BCUT2D eigenvalue weighted by molar-refractivity contribution is 0.235. The summed E-state index contributed by atoms with van der Waals surface area (Å²) in [6.45, 7) is 3.63. The van der Waals surface area contributed by atoms with Crippen molar-refractivity contribution >= 4 is 16.3 Å². The van der Waals surface area contributed by atoms with Crippen molar-refractivity contribution in [2.75, 3.05) is 6.54 Å². The Bertz CT molecular complexity index is 1060. The van der Waals surface area contributed by atoms with Gasteiger partial charge in [0, 0.05) is 24.5 Å². The van der Waals surface area contributed by atoms with Crippen LogP contribution in [0.25, 0.3) is 4.96 Å². The molecule has 3 aromatic heterocycles. The molecule has 0 saturated carbocycles. The Morgan fingerprint density at radius 1 is 1.22 bits per heavy atom. The van der Waals surface area contributed by atoms with Gasteiger partial charge in [-0.2, -0.15) is 9.61 Å². The number of likely N-dealkylation sites (tertiary alicyclic amines) is 1. The monoisotopic (exact) mass is 384 g/mol. The van der Waals surface area contributed by atoms with Crippen LogP contribution in [-0.4, -0.2) is 35.6 Å². The number of fused-ring (bicyclic) bond motifs is 2. The first-order chi connectivity index (χ1) is 13.1. The molecule has 142 valence electrons. The second-order valence-corrected chi connectivity index (χ2v) is 8.72. The highest BCUT2D eigenvalue weighted by atomic mass is 32.1. The summed E-state index contributed by atoms with van der Waals surface area (Å²) in [5.74, 6) is 1.20. The van der Waals surface area contributed by atoms with E-state index in [2.05, 4.69) is 26.6 Å². The van der Waals surface area contributed by atoms with Gasteiger partial charge in [-0.1, -0.05) is 11.3 Å². The minimum atomic E-state index is -0.102. The number of nitrogens with zero attached hydrogens (tertiary/aromatic N) is 6. The number of hydrogen-bond acceptors (Lipinski definition) is 6. The summed E-state index contributed by atoms with van der Waals surface area (Å²) in [7, 11) is 2.17. The van der Waals surface area contributed by atoms with Crippen molar-refractivity contribution in [3.05, 3.63) is 44.3 Å². The quantitative estimate of drug-likeness (QED) is 0.694. The van der Waals surface area contributed by atoms with Crippen molar-refractivity contribution in [1.82, 2.24) is 29.0 Å². The van der Waals surface area contributed by atoms with E-state index in [9.17, 15) is 4.79 Å². The maximum Gasteiger partial charge on any atom is 0.275 e. The van der Waals surface area contributed by atoms with Gasteiger partial charge >= 0.3 is 0 Å². The minimum absolute atomic E-state index is 0.102. The van der Waals surface area contributed by atoms with E-state index in [0.717, 1.165) is 43.1 Å². The van der Waals surface area contributed by atoms with Crippen LogP contribution in [0.3, 0.4) is 0 Å². The fraction of sp³-hybridized carbons (Fsp3) is 0.579. The minimum Gasteiger partial charge on any atom is -0.334 e. The van der Waals surface area contributed by atoms with Gasteiger partial charge in [0.15, 0.2) is 0 Å². The lowest BCUT2D eigenvalue weighted by Crippen LogP contribution is -2.25. The summed E-state index contributed by atoms with van der Waals surface area (Å²) in [5.41, 5.74) is 3.37. The van der Waals surface area contributed by atoms with E-state index in [1.54, 1.807) is 0 Å². The summed E-state index contributed by atoms with van der Waals surface area (Å²) in [4.78, 5) is 24.8. The zero-order valence-electron chi connectivity index (χ0n) is 15.8. The molecule has 1 atom stereocenters. The van der Waals surface area contributed by atoms with Gasteiger partial charge in [-0.05, 0) is 52.0 Å². The molecule has 0 bridgehead atoms. The normalized spacial score (nSPS) is 20.4. The van der Waals surface area contributed by atoms with Gasteiger partial charge in [0.1, 0.15) is 10.8 Å². The highest BCUT2D eigenvalue weighted by Crippen LogP contribution is 2.35. The maximum absolute atomic E-state index is 12.1.